The summed E-state index contributed by atoms with van der Waals surface area (Å²) in [5.74, 6) is 0.956. The molecule has 0 aliphatic heterocycles. The maximum absolute atomic E-state index is 12.1. The molecule has 1 aromatic carbocycles. The van der Waals surface area contributed by atoms with Crippen LogP contribution in [0, 0.1) is 5.41 Å². The molecule has 1 atom stereocenters. The van der Waals surface area contributed by atoms with E-state index in [-0.39, 0.29) is 11.3 Å². The van der Waals surface area contributed by atoms with Crippen molar-refractivity contribution in [1.29, 1.82) is 0 Å². The maximum Gasteiger partial charge on any atom is 0.231 e. The van der Waals surface area contributed by atoms with Crippen LogP contribution >= 0.6 is 11.8 Å². The first-order valence-electron chi connectivity index (χ1n) is 5.48. The van der Waals surface area contributed by atoms with Gasteiger partial charge in [-0.2, -0.15) is 11.8 Å². The highest BCUT2D eigenvalue weighted by Gasteiger charge is 2.30. The van der Waals surface area contributed by atoms with Crippen molar-refractivity contribution < 1.29 is 4.79 Å². The summed E-state index contributed by atoms with van der Waals surface area (Å²) in [6.07, 6.45) is 2.89. The van der Waals surface area contributed by atoms with Crippen molar-refractivity contribution in [3.8, 4) is 0 Å². The van der Waals surface area contributed by atoms with Crippen molar-refractivity contribution in [2.45, 2.75) is 20.3 Å². The molecule has 0 heterocycles. The van der Waals surface area contributed by atoms with Gasteiger partial charge in [0.2, 0.25) is 5.91 Å². The van der Waals surface area contributed by atoms with Gasteiger partial charge in [-0.05, 0) is 31.7 Å². The highest BCUT2D eigenvalue weighted by molar-refractivity contribution is 7.98. The molecule has 0 saturated carbocycles. The Morgan fingerprint density at radius 2 is 2.00 bits per heavy atom. The van der Waals surface area contributed by atoms with E-state index in [1.807, 2.05) is 43.5 Å². The minimum atomic E-state index is -0.282. The summed E-state index contributed by atoms with van der Waals surface area (Å²) in [5, 5.41) is 2.97. The van der Waals surface area contributed by atoms with Gasteiger partial charge >= 0.3 is 0 Å². The minimum Gasteiger partial charge on any atom is -0.326 e. The van der Waals surface area contributed by atoms with Crippen LogP contribution in [0.2, 0.25) is 0 Å². The van der Waals surface area contributed by atoms with Gasteiger partial charge in [0.25, 0.3) is 0 Å². The average Bonchev–Trinajstić information content (AvgIpc) is 2.30. The quantitative estimate of drug-likeness (QED) is 0.850. The van der Waals surface area contributed by atoms with E-state index in [1.54, 1.807) is 11.8 Å². The Hall–Kier alpha value is -0.960. The number of nitrogens with one attached hydrogen (secondary N) is 1. The van der Waals surface area contributed by atoms with Crippen molar-refractivity contribution in [2.24, 2.45) is 5.41 Å². The number of hydrogen-bond donors (Lipinski definition) is 1. The third kappa shape index (κ3) is 3.27. The van der Waals surface area contributed by atoms with Gasteiger partial charge in [-0.15, -0.1) is 0 Å². The number of anilines is 1. The van der Waals surface area contributed by atoms with E-state index in [9.17, 15) is 4.79 Å². The lowest BCUT2D eigenvalue weighted by Gasteiger charge is -2.25. The van der Waals surface area contributed by atoms with Gasteiger partial charge in [0.1, 0.15) is 0 Å². The fraction of sp³-hybridized carbons (Fsp3) is 0.462. The average molecular weight is 237 g/mol. The van der Waals surface area contributed by atoms with Crippen LogP contribution in [0.1, 0.15) is 20.3 Å². The summed E-state index contributed by atoms with van der Waals surface area (Å²) in [6, 6.07) is 9.61. The fourth-order valence-electron chi connectivity index (χ4n) is 1.45. The predicted molar refractivity (Wildman–Crippen MR) is 71.9 cm³/mol. The Morgan fingerprint density at radius 3 is 2.50 bits per heavy atom. The van der Waals surface area contributed by atoms with E-state index < -0.39 is 0 Å². The number of thioether (sulfide) groups is 1. The topological polar surface area (TPSA) is 29.1 Å². The highest BCUT2D eigenvalue weighted by atomic mass is 32.2. The first-order chi connectivity index (χ1) is 7.62. The lowest BCUT2D eigenvalue weighted by atomic mass is 9.89. The van der Waals surface area contributed by atoms with E-state index in [1.165, 1.54) is 0 Å². The Bertz CT molecular complexity index is 339. The standard InChI is InChI=1S/C13H19NOS/c1-4-13(2,10-16-3)12(15)14-11-8-6-5-7-9-11/h5-9H,4,10H2,1-3H3,(H,14,15). The molecule has 0 aromatic heterocycles. The van der Waals surface area contributed by atoms with Crippen LogP contribution in [0.5, 0.6) is 0 Å². The van der Waals surface area contributed by atoms with Crippen LogP contribution in [0.4, 0.5) is 5.69 Å². The summed E-state index contributed by atoms with van der Waals surface area (Å²) in [6.45, 7) is 4.07. The zero-order valence-electron chi connectivity index (χ0n) is 10.1. The third-order valence-corrected chi connectivity index (χ3v) is 3.75. The van der Waals surface area contributed by atoms with Crippen molar-refractivity contribution in [2.75, 3.05) is 17.3 Å². The molecular formula is C13H19NOS. The number of hydrogen-bond acceptors (Lipinski definition) is 2. The summed E-state index contributed by atoms with van der Waals surface area (Å²) >= 11 is 1.71. The smallest absolute Gasteiger partial charge is 0.231 e. The molecule has 1 N–H and O–H groups in total. The summed E-state index contributed by atoms with van der Waals surface area (Å²) < 4.78 is 0. The lowest BCUT2D eigenvalue weighted by molar-refractivity contribution is -0.123. The van der Waals surface area contributed by atoms with Crippen LogP contribution in [0.15, 0.2) is 30.3 Å². The number of rotatable bonds is 5. The SMILES string of the molecule is CCC(C)(CSC)C(=O)Nc1ccccc1. The molecule has 0 radical (unpaired) electrons. The van der Waals surface area contributed by atoms with E-state index in [0.717, 1.165) is 17.9 Å². The molecule has 88 valence electrons. The Kier molecular flexibility index (Phi) is 4.87. The molecular weight excluding hydrogens is 218 g/mol. The fourth-order valence-corrected chi connectivity index (χ4v) is 2.42. The minimum absolute atomic E-state index is 0.107. The lowest BCUT2D eigenvalue weighted by Crippen LogP contribution is -2.35. The van der Waals surface area contributed by atoms with Crippen LogP contribution in [0.3, 0.4) is 0 Å². The largest absolute Gasteiger partial charge is 0.326 e. The van der Waals surface area contributed by atoms with Gasteiger partial charge < -0.3 is 5.32 Å². The van der Waals surface area contributed by atoms with Gasteiger partial charge in [0.15, 0.2) is 0 Å². The third-order valence-electron chi connectivity index (χ3n) is 2.82. The number of carbonyl (C=O) groups excluding carboxylic acids is 1. The number of amides is 1. The predicted octanol–water partition coefficient (Wildman–Crippen LogP) is 3.40. The molecule has 1 unspecified atom stereocenters. The molecule has 16 heavy (non-hydrogen) atoms. The summed E-state index contributed by atoms with van der Waals surface area (Å²) in [7, 11) is 0. The van der Waals surface area contributed by atoms with Crippen LogP contribution in [-0.2, 0) is 4.79 Å². The normalized spacial score (nSPS) is 14.2. The van der Waals surface area contributed by atoms with Crippen LogP contribution in [-0.4, -0.2) is 17.9 Å². The van der Waals surface area contributed by atoms with Gasteiger partial charge in [-0.25, -0.2) is 0 Å². The monoisotopic (exact) mass is 237 g/mol. The van der Waals surface area contributed by atoms with E-state index in [4.69, 9.17) is 0 Å². The van der Waals surface area contributed by atoms with Crippen LogP contribution < -0.4 is 5.32 Å². The Labute approximate surface area is 102 Å². The first kappa shape index (κ1) is 13.1. The first-order valence-corrected chi connectivity index (χ1v) is 6.87. The second-order valence-corrected chi connectivity index (χ2v) is 5.03. The van der Waals surface area contributed by atoms with Gasteiger partial charge in [-0.3, -0.25) is 4.79 Å². The number of benzene rings is 1. The van der Waals surface area contributed by atoms with E-state index in [0.29, 0.717) is 0 Å². The molecule has 1 amide bonds. The molecule has 3 heteroatoms. The van der Waals surface area contributed by atoms with E-state index >= 15 is 0 Å². The molecule has 0 aliphatic rings. The van der Waals surface area contributed by atoms with Crippen LogP contribution in [0.25, 0.3) is 0 Å². The second kappa shape index (κ2) is 5.94. The molecule has 0 spiro atoms. The second-order valence-electron chi connectivity index (χ2n) is 4.17. The zero-order valence-corrected chi connectivity index (χ0v) is 10.9. The molecule has 0 saturated heterocycles. The van der Waals surface area contributed by atoms with E-state index in [2.05, 4.69) is 12.2 Å². The zero-order chi connectivity index (χ0) is 12.0. The summed E-state index contributed by atoms with van der Waals surface area (Å²) in [4.78, 5) is 12.1. The van der Waals surface area contributed by atoms with Gasteiger partial charge in [0.05, 0.1) is 5.41 Å². The molecule has 1 rings (SSSR count). The molecule has 2 nitrogen and oxygen atoms in total. The van der Waals surface area contributed by atoms with Gasteiger partial charge in [0, 0.05) is 11.4 Å². The number of carbonyl (C=O) groups is 1. The highest BCUT2D eigenvalue weighted by Crippen LogP contribution is 2.27. The Morgan fingerprint density at radius 1 is 1.38 bits per heavy atom. The van der Waals surface area contributed by atoms with Crippen molar-refractivity contribution in [1.82, 2.24) is 0 Å². The van der Waals surface area contributed by atoms with Crippen molar-refractivity contribution in [3.05, 3.63) is 30.3 Å². The molecule has 0 bridgehead atoms. The van der Waals surface area contributed by atoms with Gasteiger partial charge in [-0.1, -0.05) is 25.1 Å². The molecule has 1 aromatic rings. The molecule has 0 fully saturated rings. The maximum atomic E-state index is 12.1. The number of para-hydroxylation sites is 1. The van der Waals surface area contributed by atoms with Crippen molar-refractivity contribution in [3.63, 3.8) is 0 Å². The Balaban J connectivity index is 2.70. The van der Waals surface area contributed by atoms with Crippen molar-refractivity contribution >= 4 is 23.4 Å². The summed E-state index contributed by atoms with van der Waals surface area (Å²) in [5.41, 5.74) is 0.586. The molecule has 0 aliphatic carbocycles.